The number of nitrogens with one attached hydrogen (secondary N) is 1. The highest BCUT2D eigenvalue weighted by Gasteiger charge is 2.10. The average molecular weight is 231 g/mol. The van der Waals surface area contributed by atoms with Crippen LogP contribution in [0.3, 0.4) is 0 Å². The Hall–Kier alpha value is -1.86. The van der Waals surface area contributed by atoms with Gasteiger partial charge in [-0.25, -0.2) is 0 Å². The number of anilines is 1. The van der Waals surface area contributed by atoms with Gasteiger partial charge in [-0.2, -0.15) is 5.26 Å². The number of carbonyl (C=O) groups is 1. The molecule has 0 aliphatic carbocycles. The van der Waals surface area contributed by atoms with E-state index in [1.807, 2.05) is 13.1 Å². The topological polar surface area (TPSA) is 56.1 Å². The molecule has 0 saturated carbocycles. The summed E-state index contributed by atoms with van der Waals surface area (Å²) in [5.74, 6) is 0.0651. The first-order chi connectivity index (χ1) is 8.19. The Kier molecular flexibility index (Phi) is 5.18. The van der Waals surface area contributed by atoms with Gasteiger partial charge in [0.25, 0.3) is 0 Å². The second-order valence-corrected chi connectivity index (χ2v) is 3.82. The molecule has 90 valence electrons. The van der Waals surface area contributed by atoms with Gasteiger partial charge < -0.3 is 10.2 Å². The molecule has 0 aliphatic heterocycles. The van der Waals surface area contributed by atoms with E-state index in [1.165, 1.54) is 0 Å². The van der Waals surface area contributed by atoms with Crippen molar-refractivity contribution >= 4 is 11.6 Å². The lowest BCUT2D eigenvalue weighted by Gasteiger charge is -2.17. The first kappa shape index (κ1) is 13.2. The van der Waals surface area contributed by atoms with Crippen LogP contribution >= 0.6 is 0 Å². The van der Waals surface area contributed by atoms with Crippen molar-refractivity contribution in [2.75, 3.05) is 25.5 Å². The molecule has 17 heavy (non-hydrogen) atoms. The standard InChI is InChI=1S/C13H17N3O/c1-15-8-4-7-13(17)16(2)12-6-3-5-11(9-12)10-14/h3,5-6,9,15H,4,7-8H2,1-2H3. The largest absolute Gasteiger partial charge is 0.320 e. The minimum atomic E-state index is 0.0651. The van der Waals surface area contributed by atoms with Crippen LogP contribution in [0.4, 0.5) is 5.69 Å². The Bertz CT molecular complexity index is 423. The number of nitrogens with zero attached hydrogens (tertiary/aromatic N) is 2. The van der Waals surface area contributed by atoms with E-state index in [9.17, 15) is 4.79 Å². The molecule has 4 nitrogen and oxygen atoms in total. The zero-order valence-corrected chi connectivity index (χ0v) is 10.2. The molecule has 0 bridgehead atoms. The first-order valence-corrected chi connectivity index (χ1v) is 5.60. The van der Waals surface area contributed by atoms with Gasteiger partial charge in [-0.3, -0.25) is 4.79 Å². The van der Waals surface area contributed by atoms with E-state index in [-0.39, 0.29) is 5.91 Å². The smallest absolute Gasteiger partial charge is 0.226 e. The monoisotopic (exact) mass is 231 g/mol. The minimum absolute atomic E-state index is 0.0651. The lowest BCUT2D eigenvalue weighted by Crippen LogP contribution is -2.26. The third kappa shape index (κ3) is 3.89. The van der Waals surface area contributed by atoms with E-state index in [0.717, 1.165) is 18.7 Å². The summed E-state index contributed by atoms with van der Waals surface area (Å²) in [5.41, 5.74) is 1.33. The lowest BCUT2D eigenvalue weighted by molar-refractivity contribution is -0.118. The summed E-state index contributed by atoms with van der Waals surface area (Å²) in [7, 11) is 3.60. The summed E-state index contributed by atoms with van der Waals surface area (Å²) in [6.45, 7) is 0.831. The third-order valence-electron chi connectivity index (χ3n) is 2.55. The fourth-order valence-electron chi connectivity index (χ4n) is 1.51. The van der Waals surface area contributed by atoms with Crippen molar-refractivity contribution < 1.29 is 4.79 Å². The van der Waals surface area contributed by atoms with Crippen molar-refractivity contribution in [1.82, 2.24) is 5.32 Å². The SMILES string of the molecule is CNCCCC(=O)N(C)c1cccc(C#N)c1. The molecule has 0 fully saturated rings. The molecule has 1 amide bonds. The molecule has 4 heteroatoms. The summed E-state index contributed by atoms with van der Waals surface area (Å²) in [6, 6.07) is 9.12. The molecule has 0 atom stereocenters. The van der Waals surface area contributed by atoms with Crippen molar-refractivity contribution in [2.24, 2.45) is 0 Å². The fourth-order valence-corrected chi connectivity index (χ4v) is 1.51. The van der Waals surface area contributed by atoms with Gasteiger partial charge in [0.15, 0.2) is 0 Å². The van der Waals surface area contributed by atoms with Crippen LogP contribution in [-0.2, 0) is 4.79 Å². The van der Waals surface area contributed by atoms with Crippen LogP contribution in [0.1, 0.15) is 18.4 Å². The molecule has 1 rings (SSSR count). The Morgan fingerprint density at radius 3 is 2.94 bits per heavy atom. The maximum atomic E-state index is 11.8. The fraction of sp³-hybridized carbons (Fsp3) is 0.385. The van der Waals surface area contributed by atoms with Crippen LogP contribution < -0.4 is 10.2 Å². The van der Waals surface area contributed by atoms with Crippen LogP contribution in [0.5, 0.6) is 0 Å². The highest BCUT2D eigenvalue weighted by atomic mass is 16.2. The van der Waals surface area contributed by atoms with Gasteiger partial charge in [-0.1, -0.05) is 6.07 Å². The van der Waals surface area contributed by atoms with Gasteiger partial charge in [0.1, 0.15) is 0 Å². The number of hydrogen-bond donors (Lipinski definition) is 1. The minimum Gasteiger partial charge on any atom is -0.320 e. The Labute approximate surface area is 102 Å². The normalized spacial score (nSPS) is 9.71. The van der Waals surface area contributed by atoms with Crippen LogP contribution in [0, 0.1) is 11.3 Å². The number of nitriles is 1. The summed E-state index contributed by atoms with van der Waals surface area (Å²) in [5, 5.41) is 11.8. The number of amides is 1. The Morgan fingerprint density at radius 2 is 2.29 bits per heavy atom. The van der Waals surface area contributed by atoms with E-state index >= 15 is 0 Å². The maximum Gasteiger partial charge on any atom is 0.226 e. The van der Waals surface area contributed by atoms with Crippen molar-refractivity contribution in [3.05, 3.63) is 29.8 Å². The average Bonchev–Trinajstić information content (AvgIpc) is 2.38. The molecule has 1 aromatic carbocycles. The van der Waals surface area contributed by atoms with Crippen molar-refractivity contribution in [3.63, 3.8) is 0 Å². The number of hydrogen-bond acceptors (Lipinski definition) is 3. The summed E-state index contributed by atoms with van der Waals surface area (Å²) < 4.78 is 0. The summed E-state index contributed by atoms with van der Waals surface area (Å²) >= 11 is 0. The quantitative estimate of drug-likeness (QED) is 0.782. The Morgan fingerprint density at radius 1 is 1.53 bits per heavy atom. The van der Waals surface area contributed by atoms with Crippen LogP contribution in [-0.4, -0.2) is 26.5 Å². The van der Waals surface area contributed by atoms with E-state index in [4.69, 9.17) is 5.26 Å². The van der Waals surface area contributed by atoms with Gasteiger partial charge in [0.2, 0.25) is 5.91 Å². The highest BCUT2D eigenvalue weighted by molar-refractivity contribution is 5.92. The van der Waals surface area contributed by atoms with Crippen LogP contribution in [0.2, 0.25) is 0 Å². The predicted octanol–water partition coefficient (Wildman–Crippen LogP) is 1.52. The lowest BCUT2D eigenvalue weighted by atomic mass is 10.2. The molecule has 0 unspecified atom stereocenters. The molecule has 0 radical (unpaired) electrons. The second kappa shape index (κ2) is 6.66. The number of benzene rings is 1. The zero-order valence-electron chi connectivity index (χ0n) is 10.2. The third-order valence-corrected chi connectivity index (χ3v) is 2.55. The van der Waals surface area contributed by atoms with E-state index < -0.39 is 0 Å². The van der Waals surface area contributed by atoms with Gasteiger partial charge in [-0.05, 0) is 38.2 Å². The molecule has 0 saturated heterocycles. The molecule has 0 aliphatic rings. The molecule has 1 aromatic rings. The van der Waals surface area contributed by atoms with Crippen molar-refractivity contribution in [3.8, 4) is 6.07 Å². The van der Waals surface area contributed by atoms with Gasteiger partial charge >= 0.3 is 0 Å². The van der Waals surface area contributed by atoms with Gasteiger partial charge in [0, 0.05) is 19.2 Å². The molecule has 0 aromatic heterocycles. The van der Waals surface area contributed by atoms with E-state index in [0.29, 0.717) is 12.0 Å². The first-order valence-electron chi connectivity index (χ1n) is 5.60. The van der Waals surface area contributed by atoms with Crippen molar-refractivity contribution in [1.29, 1.82) is 5.26 Å². The second-order valence-electron chi connectivity index (χ2n) is 3.82. The number of carbonyl (C=O) groups excluding carboxylic acids is 1. The Balaban J connectivity index is 2.65. The molecule has 1 N–H and O–H groups in total. The zero-order chi connectivity index (χ0) is 12.7. The van der Waals surface area contributed by atoms with Crippen LogP contribution in [0.25, 0.3) is 0 Å². The summed E-state index contributed by atoms with van der Waals surface area (Å²) in [6.07, 6.45) is 1.33. The predicted molar refractivity (Wildman–Crippen MR) is 67.7 cm³/mol. The molecular weight excluding hydrogens is 214 g/mol. The van der Waals surface area contributed by atoms with E-state index in [2.05, 4.69) is 11.4 Å². The van der Waals surface area contributed by atoms with E-state index in [1.54, 1.807) is 30.1 Å². The molecule has 0 spiro atoms. The van der Waals surface area contributed by atoms with Gasteiger partial charge in [0.05, 0.1) is 11.6 Å². The maximum absolute atomic E-state index is 11.8. The highest BCUT2D eigenvalue weighted by Crippen LogP contribution is 2.15. The summed E-state index contributed by atoms with van der Waals surface area (Å²) in [4.78, 5) is 13.4. The molecular formula is C13H17N3O. The van der Waals surface area contributed by atoms with Gasteiger partial charge in [-0.15, -0.1) is 0 Å². The number of rotatable bonds is 5. The van der Waals surface area contributed by atoms with Crippen molar-refractivity contribution in [2.45, 2.75) is 12.8 Å². The molecule has 0 heterocycles. The van der Waals surface area contributed by atoms with Crippen LogP contribution in [0.15, 0.2) is 24.3 Å².